The van der Waals surface area contributed by atoms with Crippen LogP contribution < -0.4 is 5.32 Å². The molecule has 2 rings (SSSR count). The molecule has 1 aromatic rings. The summed E-state index contributed by atoms with van der Waals surface area (Å²) in [7, 11) is 0. The van der Waals surface area contributed by atoms with Crippen molar-refractivity contribution in [3.63, 3.8) is 0 Å². The van der Waals surface area contributed by atoms with Gasteiger partial charge in [0.05, 0.1) is 11.7 Å². The molecule has 0 aromatic carbocycles. The molecule has 0 radical (unpaired) electrons. The Kier molecular flexibility index (Phi) is 5.64. The molecule has 0 spiro atoms. The van der Waals surface area contributed by atoms with Crippen molar-refractivity contribution >= 4 is 0 Å². The Hall–Kier alpha value is -0.830. The number of hydrogen-bond acceptors (Lipinski definition) is 2. The van der Waals surface area contributed by atoms with Gasteiger partial charge in [0.25, 0.3) is 0 Å². The number of nitrogens with one attached hydrogen (secondary N) is 1. The molecule has 1 fully saturated rings. The Morgan fingerprint density at radius 2 is 1.90 bits per heavy atom. The second-order valence-corrected chi connectivity index (χ2v) is 6.49. The van der Waals surface area contributed by atoms with Crippen LogP contribution in [0.4, 0.5) is 0 Å². The zero-order valence-corrected chi connectivity index (χ0v) is 13.7. The first kappa shape index (κ1) is 15.6. The van der Waals surface area contributed by atoms with Crippen LogP contribution >= 0.6 is 0 Å². The fourth-order valence-electron chi connectivity index (χ4n) is 3.36. The molecule has 1 heterocycles. The Morgan fingerprint density at radius 1 is 1.20 bits per heavy atom. The number of aryl methyl sites for hydroxylation is 1. The van der Waals surface area contributed by atoms with Gasteiger partial charge < -0.3 is 5.32 Å². The molecule has 1 aromatic heterocycles. The van der Waals surface area contributed by atoms with E-state index in [0.29, 0.717) is 12.0 Å². The monoisotopic (exact) mass is 277 g/mol. The molecule has 1 N–H and O–H groups in total. The molecule has 0 aliphatic heterocycles. The lowest BCUT2D eigenvalue weighted by molar-refractivity contribution is 0.447. The molecule has 114 valence electrons. The number of aromatic nitrogens is 2. The standard InChI is InChI=1S/C17H31N3/c1-5-16-15(12-18-11-13(3)4)17(6-2)20(19-16)14-9-7-8-10-14/h13-14,18H,5-12H2,1-4H3. The summed E-state index contributed by atoms with van der Waals surface area (Å²) in [6.07, 6.45) is 7.52. The van der Waals surface area contributed by atoms with Gasteiger partial charge in [0.1, 0.15) is 0 Å². The minimum Gasteiger partial charge on any atom is -0.312 e. The van der Waals surface area contributed by atoms with E-state index in [2.05, 4.69) is 37.7 Å². The third-order valence-corrected chi connectivity index (χ3v) is 4.40. The first-order valence-corrected chi connectivity index (χ1v) is 8.47. The van der Waals surface area contributed by atoms with Gasteiger partial charge in [-0.1, -0.05) is 40.5 Å². The van der Waals surface area contributed by atoms with Gasteiger partial charge in [-0.2, -0.15) is 5.10 Å². The van der Waals surface area contributed by atoms with E-state index in [4.69, 9.17) is 5.10 Å². The van der Waals surface area contributed by atoms with Gasteiger partial charge in [0, 0.05) is 17.8 Å². The number of nitrogens with zero attached hydrogens (tertiary/aromatic N) is 2. The molecule has 0 atom stereocenters. The van der Waals surface area contributed by atoms with Crippen LogP contribution in [0.15, 0.2) is 0 Å². The maximum absolute atomic E-state index is 4.96. The van der Waals surface area contributed by atoms with Crippen molar-refractivity contribution in [2.24, 2.45) is 5.92 Å². The van der Waals surface area contributed by atoms with Gasteiger partial charge in [0.15, 0.2) is 0 Å². The second-order valence-electron chi connectivity index (χ2n) is 6.49. The molecule has 1 aliphatic carbocycles. The zero-order chi connectivity index (χ0) is 14.5. The second kappa shape index (κ2) is 7.26. The molecule has 0 unspecified atom stereocenters. The number of rotatable bonds is 7. The average molecular weight is 277 g/mol. The predicted molar refractivity (Wildman–Crippen MR) is 85.0 cm³/mol. The topological polar surface area (TPSA) is 29.9 Å². The first-order chi connectivity index (χ1) is 9.67. The van der Waals surface area contributed by atoms with Crippen LogP contribution in [0.3, 0.4) is 0 Å². The molecule has 3 heteroatoms. The highest BCUT2D eigenvalue weighted by molar-refractivity contribution is 5.27. The number of hydrogen-bond donors (Lipinski definition) is 1. The van der Waals surface area contributed by atoms with Gasteiger partial charge in [-0.15, -0.1) is 0 Å². The summed E-state index contributed by atoms with van der Waals surface area (Å²) >= 11 is 0. The van der Waals surface area contributed by atoms with Gasteiger partial charge >= 0.3 is 0 Å². The van der Waals surface area contributed by atoms with Crippen LogP contribution in [0.5, 0.6) is 0 Å². The molecule has 0 saturated heterocycles. The van der Waals surface area contributed by atoms with Crippen LogP contribution in [-0.4, -0.2) is 16.3 Å². The van der Waals surface area contributed by atoms with Crippen molar-refractivity contribution in [3.05, 3.63) is 17.0 Å². The largest absolute Gasteiger partial charge is 0.312 e. The van der Waals surface area contributed by atoms with Crippen LogP contribution in [0.25, 0.3) is 0 Å². The predicted octanol–water partition coefficient (Wildman–Crippen LogP) is 3.87. The quantitative estimate of drug-likeness (QED) is 0.820. The Morgan fingerprint density at radius 3 is 2.45 bits per heavy atom. The molecule has 1 saturated carbocycles. The van der Waals surface area contributed by atoms with Crippen molar-refractivity contribution in [1.82, 2.24) is 15.1 Å². The molecular formula is C17H31N3. The molecule has 0 bridgehead atoms. The van der Waals surface area contributed by atoms with Crippen molar-refractivity contribution in [2.45, 2.75) is 78.8 Å². The SMILES string of the molecule is CCc1nn(C2CCCC2)c(CC)c1CNCC(C)C. The average Bonchev–Trinajstić information content (AvgIpc) is 3.04. The fraction of sp³-hybridized carbons (Fsp3) is 0.824. The third-order valence-electron chi connectivity index (χ3n) is 4.40. The van der Waals surface area contributed by atoms with Gasteiger partial charge in [0.2, 0.25) is 0 Å². The van der Waals surface area contributed by atoms with Crippen LogP contribution in [0.1, 0.15) is 76.4 Å². The fourth-order valence-corrected chi connectivity index (χ4v) is 3.36. The summed E-state index contributed by atoms with van der Waals surface area (Å²) in [5.74, 6) is 0.704. The maximum atomic E-state index is 4.96. The lowest BCUT2D eigenvalue weighted by Gasteiger charge is -2.14. The molecule has 3 nitrogen and oxygen atoms in total. The van der Waals surface area contributed by atoms with Gasteiger partial charge in [-0.3, -0.25) is 4.68 Å². The summed E-state index contributed by atoms with van der Waals surface area (Å²) in [5, 5.41) is 8.56. The Bertz CT molecular complexity index is 414. The lowest BCUT2D eigenvalue weighted by atomic mass is 10.1. The van der Waals surface area contributed by atoms with E-state index < -0.39 is 0 Å². The Balaban J connectivity index is 2.19. The summed E-state index contributed by atoms with van der Waals surface area (Å²) in [4.78, 5) is 0. The minimum atomic E-state index is 0.661. The third kappa shape index (κ3) is 3.43. The van der Waals surface area contributed by atoms with Crippen molar-refractivity contribution in [3.8, 4) is 0 Å². The van der Waals surface area contributed by atoms with Crippen LogP contribution in [0.2, 0.25) is 0 Å². The summed E-state index contributed by atoms with van der Waals surface area (Å²) in [6, 6.07) is 0.661. The molecule has 0 amide bonds. The maximum Gasteiger partial charge on any atom is 0.0669 e. The summed E-state index contributed by atoms with van der Waals surface area (Å²) in [5.41, 5.74) is 4.26. The van der Waals surface area contributed by atoms with E-state index in [1.54, 1.807) is 0 Å². The van der Waals surface area contributed by atoms with E-state index in [0.717, 1.165) is 25.9 Å². The summed E-state index contributed by atoms with van der Waals surface area (Å²) in [6.45, 7) is 11.1. The van der Waals surface area contributed by atoms with E-state index in [-0.39, 0.29) is 0 Å². The van der Waals surface area contributed by atoms with E-state index in [1.807, 2.05) is 0 Å². The molecule has 20 heavy (non-hydrogen) atoms. The molecule has 1 aliphatic rings. The van der Waals surface area contributed by atoms with Gasteiger partial charge in [-0.05, 0) is 38.1 Å². The van der Waals surface area contributed by atoms with Crippen molar-refractivity contribution in [1.29, 1.82) is 0 Å². The minimum absolute atomic E-state index is 0.661. The first-order valence-electron chi connectivity index (χ1n) is 8.47. The van der Waals surface area contributed by atoms with Gasteiger partial charge in [-0.25, -0.2) is 0 Å². The molecular weight excluding hydrogens is 246 g/mol. The highest BCUT2D eigenvalue weighted by atomic mass is 15.3. The van der Waals surface area contributed by atoms with Crippen molar-refractivity contribution in [2.75, 3.05) is 6.54 Å². The van der Waals surface area contributed by atoms with Crippen LogP contribution in [-0.2, 0) is 19.4 Å². The Labute approximate surface area is 124 Å². The normalized spacial score (nSPS) is 16.4. The smallest absolute Gasteiger partial charge is 0.0669 e. The lowest BCUT2D eigenvalue weighted by Crippen LogP contribution is -2.20. The highest BCUT2D eigenvalue weighted by Crippen LogP contribution is 2.32. The summed E-state index contributed by atoms with van der Waals surface area (Å²) < 4.78 is 2.37. The zero-order valence-electron chi connectivity index (χ0n) is 13.7. The van der Waals surface area contributed by atoms with Crippen LogP contribution in [0, 0.1) is 5.92 Å². The van der Waals surface area contributed by atoms with E-state index in [1.165, 1.54) is 42.6 Å². The van der Waals surface area contributed by atoms with E-state index >= 15 is 0 Å². The van der Waals surface area contributed by atoms with Crippen molar-refractivity contribution < 1.29 is 0 Å². The highest BCUT2D eigenvalue weighted by Gasteiger charge is 2.23. The van der Waals surface area contributed by atoms with E-state index in [9.17, 15) is 0 Å².